The minimum Gasteiger partial charge on any atom is -0.369 e. The third-order valence-corrected chi connectivity index (χ3v) is 3.65. The summed E-state index contributed by atoms with van der Waals surface area (Å²) in [5, 5.41) is 3.07. The van der Waals surface area contributed by atoms with E-state index in [2.05, 4.69) is 31.2 Å². The number of rotatable bonds is 6. The summed E-state index contributed by atoms with van der Waals surface area (Å²) in [5.41, 5.74) is 0. The fraction of sp³-hybridized carbons (Fsp3) is 0.667. The lowest BCUT2D eigenvalue weighted by atomic mass is 10.4. The lowest BCUT2D eigenvalue weighted by molar-refractivity contribution is -0.120. The van der Waals surface area contributed by atoms with Gasteiger partial charge in [0.1, 0.15) is 29.0 Å². The molecular formula is C12H16BrF3N4. The molecule has 1 aliphatic rings. The van der Waals surface area contributed by atoms with E-state index in [0.29, 0.717) is 22.7 Å². The summed E-state index contributed by atoms with van der Waals surface area (Å²) >= 11 is 3.32. The standard InChI is InChI=1S/C12H16BrF3N4/c1-2-5-17-10-9(13)11(19-7-18-10)20(8-3-4-8)6-12(14,15)16/h7-8H,2-6H2,1H3,(H,17,18,19). The number of hydrogen-bond acceptors (Lipinski definition) is 4. The first kappa shape index (κ1) is 15.3. The Kier molecular flexibility index (Phi) is 4.72. The second kappa shape index (κ2) is 6.15. The molecule has 0 radical (unpaired) electrons. The SMILES string of the molecule is CCCNc1ncnc(N(CC(F)(F)F)C2CC2)c1Br. The zero-order valence-electron chi connectivity index (χ0n) is 11.0. The molecule has 1 aromatic rings. The summed E-state index contributed by atoms with van der Waals surface area (Å²) in [4.78, 5) is 9.39. The van der Waals surface area contributed by atoms with Crippen LogP contribution >= 0.6 is 15.9 Å². The second-order valence-corrected chi connectivity index (χ2v) is 5.55. The van der Waals surface area contributed by atoms with Crippen molar-refractivity contribution in [3.05, 3.63) is 10.8 Å². The molecule has 112 valence electrons. The number of anilines is 2. The molecule has 1 heterocycles. The fourth-order valence-corrected chi connectivity index (χ4v) is 2.46. The van der Waals surface area contributed by atoms with Crippen molar-refractivity contribution in [2.45, 2.75) is 38.4 Å². The molecule has 8 heteroatoms. The molecule has 1 saturated carbocycles. The Balaban J connectivity index is 2.24. The van der Waals surface area contributed by atoms with Crippen molar-refractivity contribution in [2.75, 3.05) is 23.3 Å². The molecule has 4 nitrogen and oxygen atoms in total. The van der Waals surface area contributed by atoms with E-state index in [1.807, 2.05) is 6.92 Å². The molecule has 0 saturated heterocycles. The second-order valence-electron chi connectivity index (χ2n) is 4.76. The van der Waals surface area contributed by atoms with Gasteiger partial charge in [-0.1, -0.05) is 6.92 Å². The molecule has 0 atom stereocenters. The van der Waals surface area contributed by atoms with Crippen LogP contribution in [0.2, 0.25) is 0 Å². The van der Waals surface area contributed by atoms with Crippen LogP contribution in [0.5, 0.6) is 0 Å². The van der Waals surface area contributed by atoms with Crippen LogP contribution in [-0.4, -0.2) is 35.3 Å². The van der Waals surface area contributed by atoms with Crippen molar-refractivity contribution >= 4 is 27.6 Å². The van der Waals surface area contributed by atoms with Gasteiger partial charge in [0, 0.05) is 12.6 Å². The van der Waals surface area contributed by atoms with Crippen molar-refractivity contribution in [3.8, 4) is 0 Å². The number of nitrogens with zero attached hydrogens (tertiary/aromatic N) is 3. The number of alkyl halides is 3. The van der Waals surface area contributed by atoms with Crippen LogP contribution < -0.4 is 10.2 Å². The highest BCUT2D eigenvalue weighted by Crippen LogP contribution is 2.38. The molecule has 0 amide bonds. The molecular weight excluding hydrogens is 337 g/mol. The predicted molar refractivity (Wildman–Crippen MR) is 74.9 cm³/mol. The molecule has 2 rings (SSSR count). The third-order valence-electron chi connectivity index (χ3n) is 2.92. The minimum absolute atomic E-state index is 0.0816. The average Bonchev–Trinajstić information content (AvgIpc) is 3.18. The largest absolute Gasteiger partial charge is 0.405 e. The maximum atomic E-state index is 12.7. The van der Waals surface area contributed by atoms with Crippen LogP contribution in [0.25, 0.3) is 0 Å². The molecule has 1 aromatic heterocycles. The molecule has 1 N–H and O–H groups in total. The normalized spacial score (nSPS) is 15.2. The number of nitrogens with one attached hydrogen (secondary N) is 1. The van der Waals surface area contributed by atoms with E-state index in [1.54, 1.807) is 0 Å². The van der Waals surface area contributed by atoms with E-state index in [-0.39, 0.29) is 6.04 Å². The zero-order valence-corrected chi connectivity index (χ0v) is 12.6. The first-order valence-corrected chi connectivity index (χ1v) is 7.29. The van der Waals surface area contributed by atoms with Crippen molar-refractivity contribution in [3.63, 3.8) is 0 Å². The molecule has 0 aromatic carbocycles. The van der Waals surface area contributed by atoms with Gasteiger partial charge in [0.2, 0.25) is 0 Å². The molecule has 0 bridgehead atoms. The van der Waals surface area contributed by atoms with Gasteiger partial charge in [-0.2, -0.15) is 13.2 Å². The summed E-state index contributed by atoms with van der Waals surface area (Å²) in [7, 11) is 0. The lowest BCUT2D eigenvalue weighted by Gasteiger charge is -2.26. The highest BCUT2D eigenvalue weighted by atomic mass is 79.9. The van der Waals surface area contributed by atoms with Gasteiger partial charge in [0.15, 0.2) is 0 Å². The molecule has 0 aliphatic heterocycles. The van der Waals surface area contributed by atoms with Crippen molar-refractivity contribution in [1.29, 1.82) is 0 Å². The third kappa shape index (κ3) is 3.97. The Morgan fingerprint density at radius 1 is 1.40 bits per heavy atom. The number of aromatic nitrogens is 2. The van der Waals surface area contributed by atoms with Gasteiger partial charge in [-0.05, 0) is 35.2 Å². The molecule has 0 unspecified atom stereocenters. The number of hydrogen-bond donors (Lipinski definition) is 1. The minimum atomic E-state index is -4.25. The lowest BCUT2D eigenvalue weighted by Crippen LogP contribution is -2.37. The Morgan fingerprint density at radius 2 is 2.10 bits per heavy atom. The highest BCUT2D eigenvalue weighted by Gasteiger charge is 2.39. The molecule has 1 aliphatic carbocycles. The van der Waals surface area contributed by atoms with Gasteiger partial charge < -0.3 is 10.2 Å². The van der Waals surface area contributed by atoms with Crippen molar-refractivity contribution in [2.24, 2.45) is 0 Å². The van der Waals surface area contributed by atoms with E-state index in [1.165, 1.54) is 11.2 Å². The van der Waals surface area contributed by atoms with Crippen molar-refractivity contribution in [1.82, 2.24) is 9.97 Å². The van der Waals surface area contributed by atoms with Crippen molar-refractivity contribution < 1.29 is 13.2 Å². The average molecular weight is 353 g/mol. The van der Waals surface area contributed by atoms with Crippen LogP contribution in [0.3, 0.4) is 0 Å². The van der Waals surface area contributed by atoms with Crippen LogP contribution in [0.15, 0.2) is 10.8 Å². The Hall–Kier alpha value is -1.05. The maximum absolute atomic E-state index is 12.7. The monoisotopic (exact) mass is 352 g/mol. The molecule has 1 fully saturated rings. The van der Waals surface area contributed by atoms with E-state index >= 15 is 0 Å². The zero-order chi connectivity index (χ0) is 14.8. The van der Waals surface area contributed by atoms with Gasteiger partial charge in [-0.3, -0.25) is 0 Å². The van der Waals surface area contributed by atoms with Crippen LogP contribution in [-0.2, 0) is 0 Å². The Labute approximate surface area is 123 Å². The predicted octanol–water partition coefficient (Wildman–Crippen LogP) is 3.59. The molecule has 0 spiro atoms. The van der Waals surface area contributed by atoms with E-state index < -0.39 is 12.7 Å². The first-order valence-electron chi connectivity index (χ1n) is 6.50. The van der Waals surface area contributed by atoms with Crippen LogP contribution in [0.1, 0.15) is 26.2 Å². The van der Waals surface area contributed by atoms with E-state index in [0.717, 1.165) is 19.3 Å². The summed E-state index contributed by atoms with van der Waals surface area (Å²) < 4.78 is 38.6. The van der Waals surface area contributed by atoms with Gasteiger partial charge in [0.25, 0.3) is 0 Å². The van der Waals surface area contributed by atoms with Crippen LogP contribution in [0, 0.1) is 0 Å². The van der Waals surface area contributed by atoms with Crippen LogP contribution in [0.4, 0.5) is 24.8 Å². The summed E-state index contributed by atoms with van der Waals surface area (Å²) in [6.07, 6.45) is -0.511. The Morgan fingerprint density at radius 3 is 2.65 bits per heavy atom. The van der Waals surface area contributed by atoms with E-state index in [9.17, 15) is 13.2 Å². The Bertz CT molecular complexity index is 463. The summed E-state index contributed by atoms with van der Waals surface area (Å²) in [5.74, 6) is 0.836. The van der Waals surface area contributed by atoms with Gasteiger partial charge in [-0.15, -0.1) is 0 Å². The first-order chi connectivity index (χ1) is 9.42. The van der Waals surface area contributed by atoms with Gasteiger partial charge in [0.05, 0.1) is 0 Å². The maximum Gasteiger partial charge on any atom is 0.405 e. The number of halogens is 4. The topological polar surface area (TPSA) is 41.1 Å². The summed E-state index contributed by atoms with van der Waals surface area (Å²) in [6, 6.07) is -0.0816. The smallest absolute Gasteiger partial charge is 0.369 e. The van der Waals surface area contributed by atoms with Gasteiger partial charge >= 0.3 is 6.18 Å². The summed E-state index contributed by atoms with van der Waals surface area (Å²) in [6.45, 7) is 1.72. The molecule has 20 heavy (non-hydrogen) atoms. The van der Waals surface area contributed by atoms with Gasteiger partial charge in [-0.25, -0.2) is 9.97 Å². The fourth-order valence-electron chi connectivity index (χ4n) is 1.88. The quantitative estimate of drug-likeness (QED) is 0.849. The van der Waals surface area contributed by atoms with E-state index in [4.69, 9.17) is 0 Å². The highest BCUT2D eigenvalue weighted by molar-refractivity contribution is 9.10.